The van der Waals surface area contributed by atoms with Crippen molar-refractivity contribution in [3.8, 4) is 0 Å². The van der Waals surface area contributed by atoms with Crippen LogP contribution in [0.4, 0.5) is 5.69 Å². The number of benzene rings is 2. The van der Waals surface area contributed by atoms with Crippen LogP contribution in [0.2, 0.25) is 0 Å². The summed E-state index contributed by atoms with van der Waals surface area (Å²) in [5.41, 5.74) is 5.06. The number of carbonyl (C=O) groups excluding carboxylic acids is 1. The second-order valence-corrected chi connectivity index (χ2v) is 6.65. The summed E-state index contributed by atoms with van der Waals surface area (Å²) >= 11 is 0. The van der Waals surface area contributed by atoms with Crippen LogP contribution in [0.3, 0.4) is 0 Å². The first kappa shape index (κ1) is 18.6. The number of carbonyl (C=O) groups is 1. The number of nitrogens with zero attached hydrogens (tertiary/aromatic N) is 1. The average Bonchev–Trinajstić information content (AvgIpc) is 2.71. The molecule has 0 bridgehead atoms. The molecule has 0 aliphatic rings. The van der Waals surface area contributed by atoms with Gasteiger partial charge in [-0.15, -0.1) is 0 Å². The van der Waals surface area contributed by atoms with E-state index >= 15 is 0 Å². The second-order valence-electron chi connectivity index (χ2n) is 6.65. The van der Waals surface area contributed by atoms with E-state index in [0.717, 1.165) is 30.6 Å². The molecule has 0 unspecified atom stereocenters. The summed E-state index contributed by atoms with van der Waals surface area (Å²) in [6.07, 6.45) is 5.39. The Morgan fingerprint density at radius 2 is 1.74 bits per heavy atom. The molecule has 0 atom stereocenters. The maximum Gasteiger partial charge on any atom is 0.253 e. The largest absolute Gasteiger partial charge is 0.384 e. The molecule has 1 heterocycles. The Bertz CT molecular complexity index is 860. The van der Waals surface area contributed by atoms with Gasteiger partial charge in [-0.1, -0.05) is 60.2 Å². The highest BCUT2D eigenvalue weighted by Gasteiger charge is 2.07. The van der Waals surface area contributed by atoms with Crippen LogP contribution < -0.4 is 10.6 Å². The van der Waals surface area contributed by atoms with E-state index in [-0.39, 0.29) is 5.91 Å². The molecule has 3 aromatic rings. The van der Waals surface area contributed by atoms with E-state index in [9.17, 15) is 4.79 Å². The SMILES string of the molecule is Cc1ccc(CNC(=O)c2cncc(NCCCc3ccccc3)c2)cc1. The first-order chi connectivity index (χ1) is 13.2. The van der Waals surface area contributed by atoms with Crippen molar-refractivity contribution in [2.24, 2.45) is 0 Å². The minimum Gasteiger partial charge on any atom is -0.384 e. The number of rotatable bonds is 8. The third-order valence-corrected chi connectivity index (χ3v) is 4.39. The normalized spacial score (nSPS) is 10.4. The van der Waals surface area contributed by atoms with Crippen LogP contribution in [0, 0.1) is 6.92 Å². The summed E-state index contributed by atoms with van der Waals surface area (Å²) in [6, 6.07) is 20.4. The number of hydrogen-bond acceptors (Lipinski definition) is 3. The van der Waals surface area contributed by atoms with Gasteiger partial charge in [0.15, 0.2) is 0 Å². The lowest BCUT2D eigenvalue weighted by Crippen LogP contribution is -2.23. The molecule has 0 spiro atoms. The number of pyridine rings is 1. The molecule has 1 amide bonds. The van der Waals surface area contributed by atoms with Crippen LogP contribution in [0.5, 0.6) is 0 Å². The summed E-state index contributed by atoms with van der Waals surface area (Å²) < 4.78 is 0. The monoisotopic (exact) mass is 359 g/mol. The van der Waals surface area contributed by atoms with Gasteiger partial charge in [0.2, 0.25) is 0 Å². The summed E-state index contributed by atoms with van der Waals surface area (Å²) in [5.74, 6) is -0.115. The highest BCUT2D eigenvalue weighted by molar-refractivity contribution is 5.94. The summed E-state index contributed by atoms with van der Waals surface area (Å²) in [6.45, 7) is 3.39. The van der Waals surface area contributed by atoms with E-state index in [0.29, 0.717) is 12.1 Å². The van der Waals surface area contributed by atoms with Crippen LogP contribution in [-0.4, -0.2) is 17.4 Å². The highest BCUT2D eigenvalue weighted by Crippen LogP contribution is 2.10. The molecule has 3 rings (SSSR count). The van der Waals surface area contributed by atoms with E-state index in [1.807, 2.05) is 43.3 Å². The second kappa shape index (κ2) is 9.53. The van der Waals surface area contributed by atoms with E-state index in [2.05, 4.69) is 39.9 Å². The van der Waals surface area contributed by atoms with E-state index < -0.39 is 0 Å². The first-order valence-electron chi connectivity index (χ1n) is 9.27. The van der Waals surface area contributed by atoms with E-state index in [1.54, 1.807) is 12.4 Å². The lowest BCUT2D eigenvalue weighted by Gasteiger charge is -2.09. The lowest BCUT2D eigenvalue weighted by molar-refractivity contribution is 0.0950. The molecule has 0 fully saturated rings. The minimum absolute atomic E-state index is 0.115. The van der Waals surface area contributed by atoms with Gasteiger partial charge >= 0.3 is 0 Å². The number of aromatic nitrogens is 1. The van der Waals surface area contributed by atoms with Gasteiger partial charge in [-0.3, -0.25) is 9.78 Å². The minimum atomic E-state index is -0.115. The average molecular weight is 359 g/mol. The number of aryl methyl sites for hydroxylation is 2. The molecular weight excluding hydrogens is 334 g/mol. The van der Waals surface area contributed by atoms with Crippen molar-refractivity contribution in [1.29, 1.82) is 0 Å². The molecule has 0 saturated heterocycles. The van der Waals surface area contributed by atoms with Crippen LogP contribution in [0.15, 0.2) is 73.1 Å². The Morgan fingerprint density at radius 3 is 2.52 bits per heavy atom. The Hall–Kier alpha value is -3.14. The summed E-state index contributed by atoms with van der Waals surface area (Å²) in [7, 11) is 0. The van der Waals surface area contributed by atoms with Gasteiger partial charge in [0.1, 0.15) is 0 Å². The zero-order valence-electron chi connectivity index (χ0n) is 15.6. The smallest absolute Gasteiger partial charge is 0.253 e. The van der Waals surface area contributed by atoms with Crippen molar-refractivity contribution in [2.75, 3.05) is 11.9 Å². The van der Waals surface area contributed by atoms with Gasteiger partial charge in [-0.2, -0.15) is 0 Å². The summed E-state index contributed by atoms with van der Waals surface area (Å²) in [5, 5.41) is 6.29. The molecule has 0 aliphatic carbocycles. The van der Waals surface area contributed by atoms with Gasteiger partial charge in [-0.25, -0.2) is 0 Å². The van der Waals surface area contributed by atoms with E-state index in [4.69, 9.17) is 0 Å². The summed E-state index contributed by atoms with van der Waals surface area (Å²) in [4.78, 5) is 16.6. The predicted molar refractivity (Wildman–Crippen MR) is 110 cm³/mol. The van der Waals surface area contributed by atoms with Crippen LogP contribution in [0.25, 0.3) is 0 Å². The van der Waals surface area contributed by atoms with Crippen LogP contribution in [0.1, 0.15) is 33.5 Å². The van der Waals surface area contributed by atoms with Gasteiger partial charge in [-0.05, 0) is 37.0 Å². The Morgan fingerprint density at radius 1 is 0.963 bits per heavy atom. The topological polar surface area (TPSA) is 54.0 Å². The Kier molecular flexibility index (Phi) is 6.58. The van der Waals surface area contributed by atoms with Crippen molar-refractivity contribution < 1.29 is 4.79 Å². The quantitative estimate of drug-likeness (QED) is 0.588. The number of amides is 1. The molecular formula is C23H25N3O. The van der Waals surface area contributed by atoms with Crippen molar-refractivity contribution in [3.05, 3.63) is 95.3 Å². The van der Waals surface area contributed by atoms with Crippen LogP contribution in [-0.2, 0) is 13.0 Å². The predicted octanol–water partition coefficient (Wildman–Crippen LogP) is 4.36. The molecule has 27 heavy (non-hydrogen) atoms. The molecule has 1 aromatic heterocycles. The maximum atomic E-state index is 12.4. The molecule has 0 radical (unpaired) electrons. The molecule has 0 aliphatic heterocycles. The molecule has 0 saturated carbocycles. The fourth-order valence-electron chi connectivity index (χ4n) is 2.82. The first-order valence-corrected chi connectivity index (χ1v) is 9.27. The number of nitrogens with one attached hydrogen (secondary N) is 2. The highest BCUT2D eigenvalue weighted by atomic mass is 16.1. The standard InChI is InChI=1S/C23H25N3O/c1-18-9-11-20(12-10-18)15-26-23(27)21-14-22(17-24-16-21)25-13-5-8-19-6-3-2-4-7-19/h2-4,6-7,9-12,14,16-17,25H,5,8,13,15H2,1H3,(H,26,27). The van der Waals surface area contributed by atoms with Crippen molar-refractivity contribution in [2.45, 2.75) is 26.3 Å². The van der Waals surface area contributed by atoms with Gasteiger partial charge < -0.3 is 10.6 Å². The fourth-order valence-corrected chi connectivity index (χ4v) is 2.82. The molecule has 2 N–H and O–H groups in total. The zero-order chi connectivity index (χ0) is 18.9. The van der Waals surface area contributed by atoms with Gasteiger partial charge in [0, 0.05) is 25.5 Å². The third-order valence-electron chi connectivity index (χ3n) is 4.39. The molecule has 4 heteroatoms. The Balaban J connectivity index is 1.47. The lowest BCUT2D eigenvalue weighted by atomic mass is 10.1. The van der Waals surface area contributed by atoms with Gasteiger partial charge in [0.05, 0.1) is 11.3 Å². The fraction of sp³-hybridized carbons (Fsp3) is 0.217. The maximum absolute atomic E-state index is 12.4. The van der Waals surface area contributed by atoms with Gasteiger partial charge in [0.25, 0.3) is 5.91 Å². The van der Waals surface area contributed by atoms with Crippen molar-refractivity contribution in [1.82, 2.24) is 10.3 Å². The van der Waals surface area contributed by atoms with Crippen LogP contribution >= 0.6 is 0 Å². The third kappa shape index (κ3) is 5.96. The number of hydrogen-bond donors (Lipinski definition) is 2. The zero-order valence-corrected chi connectivity index (χ0v) is 15.6. The molecule has 4 nitrogen and oxygen atoms in total. The number of anilines is 1. The van der Waals surface area contributed by atoms with E-state index in [1.165, 1.54) is 11.1 Å². The van der Waals surface area contributed by atoms with Crippen molar-refractivity contribution >= 4 is 11.6 Å². The molecule has 2 aromatic carbocycles. The van der Waals surface area contributed by atoms with Crippen molar-refractivity contribution in [3.63, 3.8) is 0 Å². The Labute approximate surface area is 160 Å². The molecule has 138 valence electrons.